The van der Waals surface area contributed by atoms with Crippen LogP contribution in [0.3, 0.4) is 0 Å². The zero-order valence-corrected chi connectivity index (χ0v) is 19.2. The number of benzene rings is 2. The Labute approximate surface area is 184 Å². The third kappa shape index (κ3) is 5.02. The minimum absolute atomic E-state index is 0.112. The molecule has 0 saturated carbocycles. The lowest BCUT2D eigenvalue weighted by molar-refractivity contribution is -0.125. The lowest BCUT2D eigenvalue weighted by Gasteiger charge is -2.21. The summed E-state index contributed by atoms with van der Waals surface area (Å²) in [5.74, 6) is 0.481. The molecule has 1 N–H and O–H groups in total. The van der Waals surface area contributed by atoms with Crippen molar-refractivity contribution in [1.82, 2.24) is 9.62 Å². The van der Waals surface area contributed by atoms with Crippen molar-refractivity contribution in [2.45, 2.75) is 24.7 Å². The summed E-state index contributed by atoms with van der Waals surface area (Å²) in [6.07, 6.45) is 0. The molecule has 0 aliphatic carbocycles. The Balaban J connectivity index is 1.97. The Morgan fingerprint density at radius 3 is 2.42 bits per heavy atom. The monoisotopic (exact) mass is 446 g/mol. The average Bonchev–Trinajstić information content (AvgIpc) is 3.23. The van der Waals surface area contributed by atoms with Gasteiger partial charge in [0.05, 0.1) is 25.0 Å². The first-order valence-electron chi connectivity index (χ1n) is 10.3. The van der Waals surface area contributed by atoms with E-state index in [2.05, 4.69) is 5.32 Å². The van der Waals surface area contributed by atoms with Gasteiger partial charge in [-0.1, -0.05) is 38.1 Å². The first kappa shape index (κ1) is 23.1. The van der Waals surface area contributed by atoms with Gasteiger partial charge in [-0.15, -0.1) is 0 Å². The number of carbonyl (C=O) groups is 1. The molecule has 0 aromatic heterocycles. The van der Waals surface area contributed by atoms with Gasteiger partial charge < -0.3 is 14.8 Å². The topological polar surface area (TPSA) is 84.9 Å². The Morgan fingerprint density at radius 1 is 1.10 bits per heavy atom. The summed E-state index contributed by atoms with van der Waals surface area (Å²) in [5, 5.41) is 2.97. The summed E-state index contributed by atoms with van der Waals surface area (Å²) < 4.78 is 38.7. The van der Waals surface area contributed by atoms with Crippen molar-refractivity contribution in [3.63, 3.8) is 0 Å². The maximum Gasteiger partial charge on any atom is 0.243 e. The summed E-state index contributed by atoms with van der Waals surface area (Å²) >= 11 is 0. The van der Waals surface area contributed by atoms with E-state index in [4.69, 9.17) is 9.47 Å². The van der Waals surface area contributed by atoms with E-state index in [1.807, 2.05) is 19.9 Å². The zero-order valence-electron chi connectivity index (χ0n) is 18.4. The summed E-state index contributed by atoms with van der Waals surface area (Å²) in [5.41, 5.74) is 0.791. The number of hydrogen-bond acceptors (Lipinski definition) is 5. The van der Waals surface area contributed by atoms with Gasteiger partial charge >= 0.3 is 0 Å². The summed E-state index contributed by atoms with van der Waals surface area (Å²) in [7, 11) is -0.597. The van der Waals surface area contributed by atoms with E-state index in [1.165, 1.54) is 4.31 Å². The van der Waals surface area contributed by atoms with Crippen molar-refractivity contribution in [2.75, 3.05) is 33.9 Å². The van der Waals surface area contributed by atoms with Crippen molar-refractivity contribution >= 4 is 15.9 Å². The minimum Gasteiger partial charge on any atom is -0.497 e. The SMILES string of the molecule is COc1ccc([C@@H]2CN(S(=O)(=O)c3ccccc3)C[C@@H]2C(=O)NCC(C)C)c(OC)c1. The number of methoxy groups -OCH3 is 2. The van der Waals surface area contributed by atoms with Gasteiger partial charge in [0, 0.05) is 31.6 Å². The van der Waals surface area contributed by atoms with Crippen LogP contribution >= 0.6 is 0 Å². The van der Waals surface area contributed by atoms with Crippen molar-refractivity contribution in [2.24, 2.45) is 11.8 Å². The molecule has 0 spiro atoms. The predicted octanol–water partition coefficient (Wildman–Crippen LogP) is 2.88. The second-order valence-electron chi connectivity index (χ2n) is 8.09. The van der Waals surface area contributed by atoms with Gasteiger partial charge in [0.2, 0.25) is 15.9 Å². The molecule has 31 heavy (non-hydrogen) atoms. The van der Waals surface area contributed by atoms with E-state index in [0.29, 0.717) is 24.0 Å². The fourth-order valence-electron chi connectivity index (χ4n) is 3.85. The highest BCUT2D eigenvalue weighted by Crippen LogP contribution is 2.41. The van der Waals surface area contributed by atoms with Gasteiger partial charge in [0.15, 0.2) is 0 Å². The van der Waals surface area contributed by atoms with Gasteiger partial charge in [0.1, 0.15) is 11.5 Å². The van der Waals surface area contributed by atoms with E-state index < -0.39 is 15.9 Å². The molecule has 7 nitrogen and oxygen atoms in total. The van der Waals surface area contributed by atoms with Crippen molar-refractivity contribution in [3.8, 4) is 11.5 Å². The highest BCUT2D eigenvalue weighted by Gasteiger charge is 2.44. The van der Waals surface area contributed by atoms with Crippen LogP contribution in [0.15, 0.2) is 53.4 Å². The molecule has 8 heteroatoms. The van der Waals surface area contributed by atoms with Gasteiger partial charge in [-0.2, -0.15) is 4.31 Å². The van der Waals surface area contributed by atoms with Crippen LogP contribution in [-0.2, 0) is 14.8 Å². The first-order chi connectivity index (χ1) is 14.8. The maximum atomic E-state index is 13.2. The fourth-order valence-corrected chi connectivity index (χ4v) is 5.36. The van der Waals surface area contributed by atoms with Gasteiger partial charge in [0.25, 0.3) is 0 Å². The van der Waals surface area contributed by atoms with Crippen molar-refractivity contribution in [3.05, 3.63) is 54.1 Å². The zero-order chi connectivity index (χ0) is 22.6. The molecule has 1 saturated heterocycles. The number of nitrogens with zero attached hydrogens (tertiary/aromatic N) is 1. The molecule has 0 unspecified atom stereocenters. The molecular formula is C23H30N2O5S. The number of sulfonamides is 1. The number of hydrogen-bond donors (Lipinski definition) is 1. The van der Waals surface area contributed by atoms with E-state index in [0.717, 1.165) is 5.56 Å². The number of carbonyl (C=O) groups excluding carboxylic acids is 1. The van der Waals surface area contributed by atoms with E-state index in [-0.39, 0.29) is 29.8 Å². The van der Waals surface area contributed by atoms with Crippen LogP contribution in [0.2, 0.25) is 0 Å². The van der Waals surface area contributed by atoms with Crippen LogP contribution in [-0.4, -0.2) is 52.5 Å². The fraction of sp³-hybridized carbons (Fsp3) is 0.435. The number of rotatable bonds is 8. The van der Waals surface area contributed by atoms with Crippen LogP contribution < -0.4 is 14.8 Å². The summed E-state index contributed by atoms with van der Waals surface area (Å²) in [4.78, 5) is 13.3. The molecule has 1 heterocycles. The van der Waals surface area contributed by atoms with E-state index >= 15 is 0 Å². The van der Waals surface area contributed by atoms with Crippen LogP contribution in [0.25, 0.3) is 0 Å². The van der Waals surface area contributed by atoms with Gasteiger partial charge in [-0.25, -0.2) is 8.42 Å². The lowest BCUT2D eigenvalue weighted by Crippen LogP contribution is -2.37. The van der Waals surface area contributed by atoms with E-state index in [1.54, 1.807) is 56.7 Å². The second-order valence-corrected chi connectivity index (χ2v) is 10.0. The Kier molecular flexibility index (Phi) is 7.23. The summed E-state index contributed by atoms with van der Waals surface area (Å²) in [6.45, 7) is 4.88. The van der Waals surface area contributed by atoms with Crippen LogP contribution in [0.4, 0.5) is 0 Å². The molecule has 0 bridgehead atoms. The highest BCUT2D eigenvalue weighted by molar-refractivity contribution is 7.89. The molecule has 0 radical (unpaired) electrons. The lowest BCUT2D eigenvalue weighted by atomic mass is 9.87. The standard InChI is InChI=1S/C23H30N2O5S/c1-16(2)13-24-23(26)21-15-25(31(27,28)18-8-6-5-7-9-18)14-20(21)19-11-10-17(29-3)12-22(19)30-4/h5-12,16,20-21H,13-15H2,1-4H3,(H,24,26)/t20-,21-/m0/s1. The summed E-state index contributed by atoms with van der Waals surface area (Å²) in [6, 6.07) is 13.7. The molecule has 2 atom stereocenters. The molecule has 1 amide bonds. The van der Waals surface area contributed by atoms with Crippen molar-refractivity contribution in [1.29, 1.82) is 0 Å². The quantitative estimate of drug-likeness (QED) is 0.674. The Hall–Kier alpha value is -2.58. The molecular weight excluding hydrogens is 416 g/mol. The number of nitrogens with one attached hydrogen (secondary N) is 1. The molecule has 2 aromatic rings. The van der Waals surface area contributed by atoms with Crippen LogP contribution in [0.1, 0.15) is 25.3 Å². The van der Waals surface area contributed by atoms with Crippen LogP contribution in [0, 0.1) is 11.8 Å². The highest BCUT2D eigenvalue weighted by atomic mass is 32.2. The first-order valence-corrected chi connectivity index (χ1v) is 11.8. The largest absolute Gasteiger partial charge is 0.497 e. The third-order valence-corrected chi connectivity index (χ3v) is 7.37. The number of amides is 1. The molecule has 1 aliphatic heterocycles. The Bertz CT molecular complexity index is 1010. The van der Waals surface area contributed by atoms with Gasteiger partial charge in [-0.3, -0.25) is 4.79 Å². The molecule has 1 fully saturated rings. The Morgan fingerprint density at radius 2 is 1.81 bits per heavy atom. The van der Waals surface area contributed by atoms with Gasteiger partial charge in [-0.05, 0) is 29.7 Å². The average molecular weight is 447 g/mol. The van der Waals surface area contributed by atoms with E-state index in [9.17, 15) is 13.2 Å². The second kappa shape index (κ2) is 9.70. The third-order valence-electron chi connectivity index (χ3n) is 5.53. The normalized spacial score (nSPS) is 19.4. The minimum atomic E-state index is -3.72. The van der Waals surface area contributed by atoms with Crippen LogP contribution in [0.5, 0.6) is 11.5 Å². The van der Waals surface area contributed by atoms with Crippen molar-refractivity contribution < 1.29 is 22.7 Å². The molecule has 1 aliphatic rings. The molecule has 2 aromatic carbocycles. The smallest absolute Gasteiger partial charge is 0.243 e. The maximum absolute atomic E-state index is 13.2. The predicted molar refractivity (Wildman–Crippen MR) is 119 cm³/mol. The number of ether oxygens (including phenoxy) is 2. The molecule has 3 rings (SSSR count). The molecule has 168 valence electrons.